The Kier molecular flexibility index (Phi) is 5.53. The molecule has 0 aromatic carbocycles. The van der Waals surface area contributed by atoms with E-state index in [1.807, 2.05) is 20.8 Å². The van der Waals surface area contributed by atoms with Crippen LogP contribution in [0.4, 0.5) is 0 Å². The van der Waals surface area contributed by atoms with Crippen molar-refractivity contribution in [2.75, 3.05) is 6.61 Å². The minimum Gasteiger partial charge on any atom is -0.393 e. The number of ether oxygens (including phenoxy) is 1. The van der Waals surface area contributed by atoms with Crippen molar-refractivity contribution in [3.8, 4) is 0 Å². The third-order valence-corrected chi connectivity index (χ3v) is 3.57. The molecule has 2 unspecified atom stereocenters. The van der Waals surface area contributed by atoms with Gasteiger partial charge in [-0.1, -0.05) is 25.6 Å². The Morgan fingerprint density at radius 1 is 1.61 bits per heavy atom. The van der Waals surface area contributed by atoms with Crippen LogP contribution in [0.15, 0.2) is 0 Å². The van der Waals surface area contributed by atoms with E-state index in [-0.39, 0.29) is 23.5 Å². The minimum atomic E-state index is -0.337. The Morgan fingerprint density at radius 3 is 2.78 bits per heavy atom. The predicted octanol–water partition coefficient (Wildman–Crippen LogP) is 1.76. The molecule has 1 fully saturated rings. The summed E-state index contributed by atoms with van der Waals surface area (Å²) < 4.78 is 5.63. The molecule has 5 heteroatoms. The molecule has 1 rings (SSSR count). The van der Waals surface area contributed by atoms with Gasteiger partial charge in [-0.25, -0.2) is 0 Å². The zero-order chi connectivity index (χ0) is 13.8. The van der Waals surface area contributed by atoms with E-state index >= 15 is 0 Å². The molecule has 1 aliphatic rings. The molecule has 18 heavy (non-hydrogen) atoms. The van der Waals surface area contributed by atoms with Crippen LogP contribution in [0.25, 0.3) is 0 Å². The first-order valence-corrected chi connectivity index (χ1v) is 7.00. The standard InChI is InChI=1S/C13H24N2O2S/c1-4-5-10(11(14)18)12(16)15-9-6-7-17-13(2,3)8-9/h9-10H,4-8H2,1-3H3,(H2,14,18)(H,15,16). The number of hydrogen-bond donors (Lipinski definition) is 2. The van der Waals surface area contributed by atoms with Gasteiger partial charge in [-0.15, -0.1) is 0 Å². The molecular formula is C13H24N2O2S. The van der Waals surface area contributed by atoms with E-state index in [9.17, 15) is 4.79 Å². The van der Waals surface area contributed by atoms with Gasteiger partial charge in [0.25, 0.3) is 0 Å². The lowest BCUT2D eigenvalue weighted by Gasteiger charge is -2.36. The largest absolute Gasteiger partial charge is 0.393 e. The van der Waals surface area contributed by atoms with Crippen LogP contribution in [0, 0.1) is 5.92 Å². The lowest BCUT2D eigenvalue weighted by atomic mass is 9.93. The zero-order valence-corrected chi connectivity index (χ0v) is 12.3. The molecule has 0 aromatic heterocycles. The van der Waals surface area contributed by atoms with Gasteiger partial charge in [-0.2, -0.15) is 0 Å². The summed E-state index contributed by atoms with van der Waals surface area (Å²) in [6.45, 7) is 6.80. The van der Waals surface area contributed by atoms with Crippen LogP contribution in [0.3, 0.4) is 0 Å². The van der Waals surface area contributed by atoms with E-state index in [4.69, 9.17) is 22.7 Å². The number of carbonyl (C=O) groups is 1. The highest BCUT2D eigenvalue weighted by Gasteiger charge is 2.31. The fourth-order valence-corrected chi connectivity index (χ4v) is 2.57. The Labute approximate surface area is 115 Å². The second-order valence-corrected chi connectivity index (χ2v) is 6.02. The maximum absolute atomic E-state index is 12.1. The number of nitrogens with two attached hydrogens (primary N) is 1. The maximum atomic E-state index is 12.1. The van der Waals surface area contributed by atoms with E-state index < -0.39 is 0 Å². The molecule has 0 aliphatic carbocycles. The van der Waals surface area contributed by atoms with Gasteiger partial charge >= 0.3 is 0 Å². The van der Waals surface area contributed by atoms with Crippen molar-refractivity contribution in [3.05, 3.63) is 0 Å². The summed E-state index contributed by atoms with van der Waals surface area (Å²) in [6.07, 6.45) is 3.29. The van der Waals surface area contributed by atoms with Crippen LogP contribution in [-0.4, -0.2) is 29.1 Å². The topological polar surface area (TPSA) is 64.3 Å². The first kappa shape index (κ1) is 15.4. The van der Waals surface area contributed by atoms with Gasteiger partial charge in [0.05, 0.1) is 16.5 Å². The molecule has 0 aromatic rings. The SMILES string of the molecule is CCCC(C(=O)NC1CCOC(C)(C)C1)C(N)=S. The second kappa shape index (κ2) is 6.48. The first-order valence-electron chi connectivity index (χ1n) is 6.59. The van der Waals surface area contributed by atoms with E-state index in [0.29, 0.717) is 18.0 Å². The van der Waals surface area contributed by atoms with Crippen LogP contribution in [0.2, 0.25) is 0 Å². The van der Waals surface area contributed by atoms with Crippen molar-refractivity contribution in [2.45, 2.75) is 58.1 Å². The van der Waals surface area contributed by atoms with E-state index in [1.54, 1.807) is 0 Å². The van der Waals surface area contributed by atoms with Crippen LogP contribution in [-0.2, 0) is 9.53 Å². The lowest BCUT2D eigenvalue weighted by molar-refractivity contribution is -0.126. The summed E-state index contributed by atoms with van der Waals surface area (Å²) in [7, 11) is 0. The van der Waals surface area contributed by atoms with Crippen LogP contribution in [0.5, 0.6) is 0 Å². The number of nitrogens with one attached hydrogen (secondary N) is 1. The summed E-state index contributed by atoms with van der Waals surface area (Å²) in [4.78, 5) is 12.4. The summed E-state index contributed by atoms with van der Waals surface area (Å²) in [5, 5.41) is 3.05. The summed E-state index contributed by atoms with van der Waals surface area (Å²) in [5.74, 6) is -0.372. The summed E-state index contributed by atoms with van der Waals surface area (Å²) in [6, 6.07) is 0.162. The van der Waals surface area contributed by atoms with Crippen LogP contribution >= 0.6 is 12.2 Å². The van der Waals surface area contributed by atoms with E-state index in [2.05, 4.69) is 5.32 Å². The van der Waals surface area contributed by atoms with Gasteiger partial charge in [0.15, 0.2) is 0 Å². The second-order valence-electron chi connectivity index (χ2n) is 5.55. The molecular weight excluding hydrogens is 248 g/mol. The fraction of sp³-hybridized carbons (Fsp3) is 0.846. The Balaban J connectivity index is 2.55. The number of hydrogen-bond acceptors (Lipinski definition) is 3. The molecule has 0 radical (unpaired) electrons. The molecule has 0 saturated carbocycles. The Bertz CT molecular complexity index is 318. The summed E-state index contributed by atoms with van der Waals surface area (Å²) >= 11 is 4.96. The van der Waals surface area contributed by atoms with Crippen molar-refractivity contribution < 1.29 is 9.53 Å². The van der Waals surface area contributed by atoms with Crippen LogP contribution in [0.1, 0.15) is 46.5 Å². The maximum Gasteiger partial charge on any atom is 0.230 e. The smallest absolute Gasteiger partial charge is 0.230 e. The number of thiocarbonyl (C=S) groups is 1. The quantitative estimate of drug-likeness (QED) is 0.749. The predicted molar refractivity (Wildman–Crippen MR) is 76.4 cm³/mol. The number of amides is 1. The van der Waals surface area contributed by atoms with Crippen molar-refractivity contribution in [3.63, 3.8) is 0 Å². The van der Waals surface area contributed by atoms with Gasteiger partial charge in [-0.3, -0.25) is 4.79 Å². The monoisotopic (exact) mass is 272 g/mol. The fourth-order valence-electron chi connectivity index (χ4n) is 2.35. The highest BCUT2D eigenvalue weighted by Crippen LogP contribution is 2.24. The van der Waals surface area contributed by atoms with Gasteiger partial charge in [0.1, 0.15) is 0 Å². The molecule has 0 bridgehead atoms. The van der Waals surface area contributed by atoms with Crippen molar-refractivity contribution >= 4 is 23.1 Å². The lowest BCUT2D eigenvalue weighted by Crippen LogP contribution is -2.49. The average Bonchev–Trinajstić information content (AvgIpc) is 2.23. The molecule has 1 aliphatic heterocycles. The van der Waals surface area contributed by atoms with Gasteiger partial charge in [0, 0.05) is 12.6 Å². The molecule has 0 spiro atoms. The molecule has 1 heterocycles. The number of rotatable bonds is 5. The third-order valence-electron chi connectivity index (χ3n) is 3.28. The molecule has 104 valence electrons. The molecule has 1 amide bonds. The molecule has 2 atom stereocenters. The Hall–Kier alpha value is -0.680. The minimum absolute atomic E-state index is 0.0351. The molecule has 4 nitrogen and oxygen atoms in total. The summed E-state index contributed by atoms with van der Waals surface area (Å²) in [5.41, 5.74) is 5.46. The van der Waals surface area contributed by atoms with Crippen molar-refractivity contribution in [2.24, 2.45) is 11.7 Å². The van der Waals surface area contributed by atoms with Gasteiger partial charge in [0.2, 0.25) is 5.91 Å². The Morgan fingerprint density at radius 2 is 2.28 bits per heavy atom. The van der Waals surface area contributed by atoms with E-state index in [0.717, 1.165) is 19.3 Å². The van der Waals surface area contributed by atoms with E-state index in [1.165, 1.54) is 0 Å². The van der Waals surface area contributed by atoms with Gasteiger partial charge in [-0.05, 0) is 33.1 Å². The first-order chi connectivity index (χ1) is 8.35. The highest BCUT2D eigenvalue weighted by atomic mass is 32.1. The third kappa shape index (κ3) is 4.53. The van der Waals surface area contributed by atoms with Gasteiger partial charge < -0.3 is 15.8 Å². The van der Waals surface area contributed by atoms with Crippen molar-refractivity contribution in [1.82, 2.24) is 5.32 Å². The highest BCUT2D eigenvalue weighted by molar-refractivity contribution is 7.80. The molecule has 3 N–H and O–H groups in total. The van der Waals surface area contributed by atoms with Crippen LogP contribution < -0.4 is 11.1 Å². The normalized spacial score (nSPS) is 24.3. The zero-order valence-electron chi connectivity index (χ0n) is 11.5. The molecule has 1 saturated heterocycles. The van der Waals surface area contributed by atoms with Crippen molar-refractivity contribution in [1.29, 1.82) is 0 Å². The number of carbonyl (C=O) groups excluding carboxylic acids is 1. The average molecular weight is 272 g/mol.